The van der Waals surface area contributed by atoms with E-state index in [0.717, 1.165) is 32.1 Å². The maximum atomic E-state index is 10.8. The quantitative estimate of drug-likeness (QED) is 0.756. The fourth-order valence-corrected chi connectivity index (χ4v) is 3.55. The maximum Gasteiger partial charge on any atom is 0.0833 e. The number of aliphatic hydroxyl groups is 1. The monoisotopic (exact) mass is 227 g/mol. The third kappa shape index (κ3) is 1.89. The molecule has 1 unspecified atom stereocenters. The molecule has 94 valence electrons. The lowest BCUT2D eigenvalue weighted by molar-refractivity contribution is -0.158. The van der Waals surface area contributed by atoms with Crippen LogP contribution in [0.15, 0.2) is 0 Å². The van der Waals surface area contributed by atoms with Crippen molar-refractivity contribution in [3.8, 4) is 0 Å². The molecule has 2 saturated carbocycles. The molecule has 0 spiro atoms. The van der Waals surface area contributed by atoms with E-state index in [2.05, 4.69) is 13.8 Å². The van der Waals surface area contributed by atoms with Crippen LogP contribution in [0, 0.1) is 5.41 Å². The van der Waals surface area contributed by atoms with E-state index in [9.17, 15) is 5.11 Å². The maximum absolute atomic E-state index is 10.8. The molecule has 3 N–H and O–H groups in total. The summed E-state index contributed by atoms with van der Waals surface area (Å²) in [5, 5.41) is 10.8. The van der Waals surface area contributed by atoms with Gasteiger partial charge in [0.25, 0.3) is 0 Å². The van der Waals surface area contributed by atoms with Crippen LogP contribution >= 0.6 is 0 Å². The van der Waals surface area contributed by atoms with Crippen molar-refractivity contribution in [2.45, 2.75) is 69.6 Å². The molecule has 0 aromatic heterocycles. The highest BCUT2D eigenvalue weighted by Crippen LogP contribution is 2.51. The summed E-state index contributed by atoms with van der Waals surface area (Å²) >= 11 is 0. The van der Waals surface area contributed by atoms with Gasteiger partial charge in [-0.2, -0.15) is 0 Å². The van der Waals surface area contributed by atoms with Crippen LogP contribution in [0.3, 0.4) is 0 Å². The molecule has 0 aromatic rings. The number of methoxy groups -OCH3 is 1. The third-order valence-corrected chi connectivity index (χ3v) is 4.66. The van der Waals surface area contributed by atoms with Crippen molar-refractivity contribution in [3.05, 3.63) is 0 Å². The van der Waals surface area contributed by atoms with Gasteiger partial charge in [0, 0.05) is 12.6 Å². The first-order valence-electron chi connectivity index (χ1n) is 6.34. The Bertz CT molecular complexity index is 271. The zero-order chi connectivity index (χ0) is 12.0. The average molecular weight is 227 g/mol. The van der Waals surface area contributed by atoms with Gasteiger partial charge in [-0.05, 0) is 43.9 Å². The van der Waals surface area contributed by atoms with E-state index in [1.165, 1.54) is 6.42 Å². The third-order valence-electron chi connectivity index (χ3n) is 4.66. The molecule has 2 rings (SSSR count). The van der Waals surface area contributed by atoms with E-state index in [0.29, 0.717) is 0 Å². The van der Waals surface area contributed by atoms with Crippen LogP contribution in [-0.2, 0) is 4.74 Å². The highest BCUT2D eigenvalue weighted by Gasteiger charge is 2.57. The second-order valence-electron chi connectivity index (χ2n) is 6.65. The number of ether oxygens (including phenoxy) is 1. The molecule has 3 nitrogen and oxygen atoms in total. The molecule has 2 aliphatic carbocycles. The molecule has 2 aliphatic rings. The Hall–Kier alpha value is -0.120. The average Bonchev–Trinajstić information content (AvgIpc) is 2.10. The predicted molar refractivity (Wildman–Crippen MR) is 64.1 cm³/mol. The Morgan fingerprint density at radius 1 is 1.25 bits per heavy atom. The highest BCUT2D eigenvalue weighted by atomic mass is 16.5. The number of hydrogen-bond donors (Lipinski definition) is 2. The Morgan fingerprint density at radius 3 is 2.38 bits per heavy atom. The van der Waals surface area contributed by atoms with Gasteiger partial charge in [-0.1, -0.05) is 13.8 Å². The first-order chi connectivity index (χ1) is 7.30. The molecular formula is C13H25NO2. The van der Waals surface area contributed by atoms with Gasteiger partial charge in [0.05, 0.1) is 11.7 Å². The summed E-state index contributed by atoms with van der Waals surface area (Å²) in [5.74, 6) is 0. The topological polar surface area (TPSA) is 55.5 Å². The summed E-state index contributed by atoms with van der Waals surface area (Å²) in [6.07, 6.45) is 5.81. The Morgan fingerprint density at radius 2 is 1.88 bits per heavy atom. The predicted octanol–water partition coefficient (Wildman–Crippen LogP) is 1.82. The minimum absolute atomic E-state index is 0.220. The fourth-order valence-electron chi connectivity index (χ4n) is 3.55. The van der Waals surface area contributed by atoms with Crippen LogP contribution in [-0.4, -0.2) is 29.5 Å². The second-order valence-corrected chi connectivity index (χ2v) is 6.65. The molecule has 0 aromatic carbocycles. The Kier molecular flexibility index (Phi) is 2.84. The van der Waals surface area contributed by atoms with Gasteiger partial charge in [0.1, 0.15) is 0 Å². The smallest absolute Gasteiger partial charge is 0.0833 e. The van der Waals surface area contributed by atoms with Crippen molar-refractivity contribution >= 4 is 0 Å². The van der Waals surface area contributed by atoms with E-state index >= 15 is 0 Å². The molecule has 1 atom stereocenters. The Balaban J connectivity index is 2.08. The van der Waals surface area contributed by atoms with Crippen LogP contribution in [0.4, 0.5) is 0 Å². The van der Waals surface area contributed by atoms with E-state index in [1.54, 1.807) is 7.11 Å². The molecule has 0 saturated heterocycles. The summed E-state index contributed by atoms with van der Waals surface area (Å²) in [7, 11) is 1.72. The van der Waals surface area contributed by atoms with Gasteiger partial charge in [-0.25, -0.2) is 0 Å². The van der Waals surface area contributed by atoms with Crippen LogP contribution < -0.4 is 5.73 Å². The number of hydrogen-bond acceptors (Lipinski definition) is 3. The van der Waals surface area contributed by atoms with Gasteiger partial charge >= 0.3 is 0 Å². The molecule has 3 heteroatoms. The summed E-state index contributed by atoms with van der Waals surface area (Å²) < 4.78 is 5.28. The van der Waals surface area contributed by atoms with Gasteiger partial charge in [-0.3, -0.25) is 0 Å². The zero-order valence-corrected chi connectivity index (χ0v) is 10.8. The van der Waals surface area contributed by atoms with Crippen LogP contribution in [0.1, 0.15) is 52.4 Å². The van der Waals surface area contributed by atoms with Gasteiger partial charge in [-0.15, -0.1) is 0 Å². The molecule has 0 radical (unpaired) electrons. The first-order valence-corrected chi connectivity index (χ1v) is 6.34. The SMILES string of the molecule is COC1CC(N)(C2(O)CCCC(C)(C)C2)C1. The van der Waals surface area contributed by atoms with E-state index < -0.39 is 11.1 Å². The van der Waals surface area contributed by atoms with Crippen molar-refractivity contribution in [1.29, 1.82) is 0 Å². The van der Waals surface area contributed by atoms with E-state index in [1.807, 2.05) is 0 Å². The normalized spacial score (nSPS) is 47.4. The number of nitrogens with two attached hydrogens (primary N) is 1. The molecule has 2 fully saturated rings. The van der Waals surface area contributed by atoms with Crippen molar-refractivity contribution in [1.82, 2.24) is 0 Å². The lowest BCUT2D eigenvalue weighted by Crippen LogP contribution is -2.70. The first kappa shape index (κ1) is 12.3. The minimum atomic E-state index is -0.677. The van der Waals surface area contributed by atoms with Crippen molar-refractivity contribution in [3.63, 3.8) is 0 Å². The minimum Gasteiger partial charge on any atom is -0.388 e. The lowest BCUT2D eigenvalue weighted by Gasteiger charge is -2.57. The van der Waals surface area contributed by atoms with E-state index in [4.69, 9.17) is 10.5 Å². The van der Waals surface area contributed by atoms with Crippen molar-refractivity contribution in [2.24, 2.45) is 11.1 Å². The van der Waals surface area contributed by atoms with Crippen LogP contribution in [0.5, 0.6) is 0 Å². The molecule has 0 bridgehead atoms. The Labute approximate surface area is 98.4 Å². The standard InChI is InChI=1S/C13H25NO2/c1-11(2)5-4-6-13(15,9-11)12(14)7-10(8-12)16-3/h10,15H,4-9,14H2,1-3H3. The lowest BCUT2D eigenvalue weighted by atomic mass is 9.56. The molecule has 0 heterocycles. The molecule has 16 heavy (non-hydrogen) atoms. The largest absolute Gasteiger partial charge is 0.388 e. The summed E-state index contributed by atoms with van der Waals surface area (Å²) in [6.45, 7) is 4.46. The van der Waals surface area contributed by atoms with Crippen LogP contribution in [0.25, 0.3) is 0 Å². The van der Waals surface area contributed by atoms with E-state index in [-0.39, 0.29) is 11.5 Å². The molecular weight excluding hydrogens is 202 g/mol. The van der Waals surface area contributed by atoms with Crippen molar-refractivity contribution < 1.29 is 9.84 Å². The summed E-state index contributed by atoms with van der Waals surface area (Å²) in [6, 6.07) is 0. The second kappa shape index (κ2) is 3.69. The zero-order valence-electron chi connectivity index (χ0n) is 10.8. The number of rotatable bonds is 2. The van der Waals surface area contributed by atoms with Crippen LogP contribution in [0.2, 0.25) is 0 Å². The highest BCUT2D eigenvalue weighted by molar-refractivity contribution is 5.14. The summed E-state index contributed by atoms with van der Waals surface area (Å²) in [5.41, 5.74) is 5.50. The molecule has 0 aliphatic heterocycles. The van der Waals surface area contributed by atoms with Gasteiger partial charge in [0.2, 0.25) is 0 Å². The van der Waals surface area contributed by atoms with Crippen molar-refractivity contribution in [2.75, 3.05) is 7.11 Å². The van der Waals surface area contributed by atoms with Gasteiger partial charge in [0.15, 0.2) is 0 Å². The molecule has 0 amide bonds. The van der Waals surface area contributed by atoms with Gasteiger partial charge < -0.3 is 15.6 Å². The summed E-state index contributed by atoms with van der Waals surface area (Å²) in [4.78, 5) is 0. The fraction of sp³-hybridized carbons (Fsp3) is 1.00.